The largest absolute Gasteiger partial charge is 0.416 e. The van der Waals surface area contributed by atoms with Gasteiger partial charge < -0.3 is 4.90 Å². The van der Waals surface area contributed by atoms with Crippen LogP contribution in [-0.4, -0.2) is 34.1 Å². The summed E-state index contributed by atoms with van der Waals surface area (Å²) in [6.45, 7) is -0.495. The molecule has 0 saturated carbocycles. The van der Waals surface area contributed by atoms with Crippen molar-refractivity contribution < 1.29 is 31.1 Å². The number of hydrogen-bond donors (Lipinski definition) is 0. The summed E-state index contributed by atoms with van der Waals surface area (Å²) in [4.78, 5) is 22.7. The molecular formula is C22H16BrF6N3OS. The highest BCUT2D eigenvalue weighted by Crippen LogP contribution is 2.37. The van der Waals surface area contributed by atoms with Gasteiger partial charge in [-0.05, 0) is 36.1 Å². The van der Waals surface area contributed by atoms with Crippen LogP contribution in [-0.2, 0) is 18.9 Å². The van der Waals surface area contributed by atoms with Crippen LogP contribution >= 0.6 is 27.7 Å². The smallest absolute Gasteiger partial charge is 0.337 e. The van der Waals surface area contributed by atoms with Crippen molar-refractivity contribution in [3.8, 4) is 11.3 Å². The van der Waals surface area contributed by atoms with Gasteiger partial charge in [-0.2, -0.15) is 26.3 Å². The minimum atomic E-state index is -4.98. The SMILES string of the molecule is CSc1ncc(C(=O)N(C)Cc2cc(C(F)(F)F)cc(C(F)(F)F)c2)c(-c2ccccc2Br)n1. The van der Waals surface area contributed by atoms with E-state index in [9.17, 15) is 31.1 Å². The van der Waals surface area contributed by atoms with E-state index in [1.54, 1.807) is 30.5 Å². The number of hydrogen-bond acceptors (Lipinski definition) is 4. The van der Waals surface area contributed by atoms with Crippen molar-refractivity contribution in [1.29, 1.82) is 0 Å². The summed E-state index contributed by atoms with van der Waals surface area (Å²) in [7, 11) is 1.28. The van der Waals surface area contributed by atoms with Gasteiger partial charge in [0.05, 0.1) is 22.4 Å². The number of carbonyl (C=O) groups excluding carboxylic acids is 1. The molecule has 0 aliphatic rings. The van der Waals surface area contributed by atoms with E-state index >= 15 is 0 Å². The molecule has 0 bridgehead atoms. The van der Waals surface area contributed by atoms with Gasteiger partial charge in [-0.1, -0.05) is 45.9 Å². The molecule has 0 atom stereocenters. The summed E-state index contributed by atoms with van der Waals surface area (Å²) >= 11 is 4.65. The Morgan fingerprint density at radius 2 is 1.62 bits per heavy atom. The first-order valence-electron chi connectivity index (χ1n) is 9.51. The molecule has 0 saturated heterocycles. The van der Waals surface area contributed by atoms with Crippen LogP contribution in [0.5, 0.6) is 0 Å². The van der Waals surface area contributed by atoms with E-state index < -0.39 is 35.9 Å². The Morgan fingerprint density at radius 3 is 2.15 bits per heavy atom. The van der Waals surface area contributed by atoms with Crippen molar-refractivity contribution in [3.63, 3.8) is 0 Å². The predicted molar refractivity (Wildman–Crippen MR) is 119 cm³/mol. The molecule has 34 heavy (non-hydrogen) atoms. The van der Waals surface area contributed by atoms with E-state index in [0.717, 1.165) is 4.90 Å². The number of thioether (sulfide) groups is 1. The molecule has 1 heterocycles. The first-order chi connectivity index (χ1) is 15.8. The average molecular weight is 564 g/mol. The molecule has 0 aliphatic heterocycles. The third kappa shape index (κ3) is 5.90. The zero-order valence-corrected chi connectivity index (χ0v) is 20.0. The molecule has 2 aromatic carbocycles. The molecule has 4 nitrogen and oxygen atoms in total. The molecular weight excluding hydrogens is 548 g/mol. The minimum Gasteiger partial charge on any atom is -0.337 e. The lowest BCUT2D eigenvalue weighted by Gasteiger charge is -2.21. The molecule has 1 amide bonds. The number of rotatable bonds is 5. The molecule has 12 heteroatoms. The molecule has 1 aromatic heterocycles. The first kappa shape index (κ1) is 26.0. The fraction of sp³-hybridized carbons (Fsp3) is 0.227. The first-order valence-corrected chi connectivity index (χ1v) is 11.5. The quantitative estimate of drug-likeness (QED) is 0.192. The summed E-state index contributed by atoms with van der Waals surface area (Å²) in [5.41, 5.74) is -2.30. The van der Waals surface area contributed by atoms with Gasteiger partial charge in [-0.15, -0.1) is 0 Å². The van der Waals surface area contributed by atoms with E-state index in [-0.39, 0.29) is 22.9 Å². The van der Waals surface area contributed by atoms with Crippen LogP contribution in [0.15, 0.2) is 58.3 Å². The van der Waals surface area contributed by atoms with Crippen LogP contribution in [0.1, 0.15) is 27.0 Å². The molecule has 0 N–H and O–H groups in total. The summed E-state index contributed by atoms with van der Waals surface area (Å²) in [5, 5.41) is 0.387. The second kappa shape index (κ2) is 9.95. The van der Waals surface area contributed by atoms with Crippen LogP contribution < -0.4 is 0 Å². The summed E-state index contributed by atoms with van der Waals surface area (Å²) in [6, 6.07) is 8.21. The monoisotopic (exact) mass is 563 g/mol. The van der Waals surface area contributed by atoms with Gasteiger partial charge in [0.1, 0.15) is 0 Å². The second-order valence-corrected chi connectivity index (χ2v) is 8.80. The van der Waals surface area contributed by atoms with Crippen molar-refractivity contribution in [2.24, 2.45) is 0 Å². The normalized spacial score (nSPS) is 12.0. The fourth-order valence-corrected chi connectivity index (χ4v) is 3.95. The van der Waals surface area contributed by atoms with E-state index in [1.165, 1.54) is 25.0 Å². The van der Waals surface area contributed by atoms with E-state index in [2.05, 4.69) is 25.9 Å². The van der Waals surface area contributed by atoms with Crippen LogP contribution in [0.3, 0.4) is 0 Å². The molecule has 3 rings (SSSR count). The maximum atomic E-state index is 13.2. The number of amides is 1. The van der Waals surface area contributed by atoms with Crippen molar-refractivity contribution in [2.45, 2.75) is 24.1 Å². The zero-order valence-electron chi connectivity index (χ0n) is 17.6. The lowest BCUT2D eigenvalue weighted by molar-refractivity contribution is -0.143. The van der Waals surface area contributed by atoms with Crippen molar-refractivity contribution in [1.82, 2.24) is 14.9 Å². The highest BCUT2D eigenvalue weighted by Gasteiger charge is 2.37. The average Bonchev–Trinajstić information content (AvgIpc) is 2.77. The van der Waals surface area contributed by atoms with Gasteiger partial charge in [0.2, 0.25) is 0 Å². The number of benzene rings is 2. The Morgan fingerprint density at radius 1 is 1.03 bits per heavy atom. The number of carbonyl (C=O) groups is 1. The second-order valence-electron chi connectivity index (χ2n) is 7.17. The van der Waals surface area contributed by atoms with Gasteiger partial charge in [0, 0.05) is 29.8 Å². The molecule has 3 aromatic rings. The fourth-order valence-electron chi connectivity index (χ4n) is 3.14. The summed E-state index contributed by atoms with van der Waals surface area (Å²) in [6.07, 6.45) is -6.92. The highest BCUT2D eigenvalue weighted by molar-refractivity contribution is 9.10. The molecule has 0 spiro atoms. The molecule has 0 unspecified atom stereocenters. The van der Waals surface area contributed by atoms with E-state index in [4.69, 9.17) is 0 Å². The molecule has 0 radical (unpaired) electrons. The van der Waals surface area contributed by atoms with Crippen molar-refractivity contribution in [2.75, 3.05) is 13.3 Å². The van der Waals surface area contributed by atoms with Crippen LogP contribution in [0.2, 0.25) is 0 Å². The summed E-state index contributed by atoms with van der Waals surface area (Å²) < 4.78 is 79.7. The Bertz CT molecular complexity index is 1180. The lowest BCUT2D eigenvalue weighted by Crippen LogP contribution is -2.27. The number of nitrogens with zero attached hydrogens (tertiary/aromatic N) is 3. The maximum absolute atomic E-state index is 13.2. The van der Waals surface area contributed by atoms with Gasteiger partial charge in [0.15, 0.2) is 5.16 Å². The van der Waals surface area contributed by atoms with Crippen LogP contribution in [0.4, 0.5) is 26.3 Å². The van der Waals surface area contributed by atoms with E-state index in [1.807, 2.05) is 0 Å². The molecule has 180 valence electrons. The Hall–Kier alpha value is -2.60. The Labute approximate surface area is 203 Å². The third-order valence-corrected chi connectivity index (χ3v) is 5.98. The predicted octanol–water partition coefficient (Wildman–Crippen LogP) is 6.94. The van der Waals surface area contributed by atoms with Gasteiger partial charge >= 0.3 is 12.4 Å². The van der Waals surface area contributed by atoms with Crippen LogP contribution in [0.25, 0.3) is 11.3 Å². The van der Waals surface area contributed by atoms with Gasteiger partial charge in [-0.25, -0.2) is 9.97 Å². The van der Waals surface area contributed by atoms with Gasteiger partial charge in [-0.3, -0.25) is 4.79 Å². The van der Waals surface area contributed by atoms with Gasteiger partial charge in [0.25, 0.3) is 5.91 Å². The number of alkyl halides is 6. The standard InChI is InChI=1S/C22H16BrF6N3OS/c1-32(11-12-7-13(21(24,25)26)9-14(8-12)22(27,28)29)19(33)16-10-30-20(34-2)31-18(16)15-5-3-4-6-17(15)23/h3-10H,11H2,1-2H3. The zero-order chi connectivity index (χ0) is 25.3. The molecule has 0 aliphatic carbocycles. The Kier molecular flexibility index (Phi) is 7.61. The third-order valence-electron chi connectivity index (χ3n) is 4.72. The highest BCUT2D eigenvalue weighted by atomic mass is 79.9. The summed E-state index contributed by atoms with van der Waals surface area (Å²) in [5.74, 6) is -0.663. The topological polar surface area (TPSA) is 46.1 Å². The van der Waals surface area contributed by atoms with E-state index in [0.29, 0.717) is 27.3 Å². The number of halogens is 7. The Balaban J connectivity index is 2.01. The van der Waals surface area contributed by atoms with Crippen LogP contribution in [0, 0.1) is 0 Å². The number of aromatic nitrogens is 2. The van der Waals surface area contributed by atoms with Crippen molar-refractivity contribution >= 4 is 33.6 Å². The van der Waals surface area contributed by atoms with Crippen molar-refractivity contribution in [3.05, 3.63) is 75.4 Å². The molecule has 0 fully saturated rings. The minimum absolute atomic E-state index is 0.0470. The lowest BCUT2D eigenvalue weighted by atomic mass is 10.0. The maximum Gasteiger partial charge on any atom is 0.416 e.